The smallest absolute Gasteiger partial charge is 0.170 e. The van der Waals surface area contributed by atoms with Crippen molar-refractivity contribution in [3.63, 3.8) is 0 Å². The van der Waals surface area contributed by atoms with Crippen LogP contribution in [0.3, 0.4) is 0 Å². The van der Waals surface area contributed by atoms with Crippen LogP contribution in [-0.2, 0) is 6.42 Å². The van der Waals surface area contributed by atoms with Crippen molar-refractivity contribution in [2.75, 3.05) is 7.11 Å². The Kier molecular flexibility index (Phi) is 4.01. The molecular weight excluding hydrogens is 276 g/mol. The molecule has 0 radical (unpaired) electrons. The summed E-state index contributed by atoms with van der Waals surface area (Å²) in [6, 6.07) is 19.5. The maximum absolute atomic E-state index is 11.0. The molecule has 0 bridgehead atoms. The van der Waals surface area contributed by atoms with Gasteiger partial charge in [0.25, 0.3) is 0 Å². The average Bonchev–Trinajstić information content (AvgIpc) is 2.99. The second kappa shape index (κ2) is 6.26. The van der Waals surface area contributed by atoms with Gasteiger partial charge in [-0.2, -0.15) is 5.10 Å². The minimum atomic E-state index is 0.437. The van der Waals surface area contributed by atoms with Crippen molar-refractivity contribution in [2.24, 2.45) is 0 Å². The Bertz CT molecular complexity index is 762. The highest BCUT2D eigenvalue weighted by atomic mass is 16.5. The molecule has 110 valence electrons. The van der Waals surface area contributed by atoms with E-state index in [1.807, 2.05) is 65.3 Å². The molecule has 0 saturated heterocycles. The molecule has 1 heterocycles. The fourth-order valence-electron chi connectivity index (χ4n) is 2.37. The second-order valence-corrected chi connectivity index (χ2v) is 4.95. The van der Waals surface area contributed by atoms with Gasteiger partial charge in [-0.15, -0.1) is 0 Å². The highest BCUT2D eigenvalue weighted by molar-refractivity contribution is 5.72. The Labute approximate surface area is 129 Å². The normalized spacial score (nSPS) is 10.4. The Morgan fingerprint density at radius 2 is 1.82 bits per heavy atom. The molecule has 0 aliphatic heterocycles. The van der Waals surface area contributed by atoms with Crippen LogP contribution in [0.5, 0.6) is 5.75 Å². The van der Waals surface area contributed by atoms with Gasteiger partial charge < -0.3 is 4.74 Å². The first-order chi connectivity index (χ1) is 10.8. The second-order valence-electron chi connectivity index (χ2n) is 4.95. The van der Waals surface area contributed by atoms with Crippen molar-refractivity contribution in [3.8, 4) is 11.4 Å². The van der Waals surface area contributed by atoms with Crippen molar-refractivity contribution in [1.29, 1.82) is 0 Å². The topological polar surface area (TPSA) is 44.1 Å². The average molecular weight is 292 g/mol. The van der Waals surface area contributed by atoms with E-state index in [4.69, 9.17) is 4.74 Å². The van der Waals surface area contributed by atoms with E-state index in [0.29, 0.717) is 12.1 Å². The fourth-order valence-corrected chi connectivity index (χ4v) is 2.37. The zero-order chi connectivity index (χ0) is 15.4. The summed E-state index contributed by atoms with van der Waals surface area (Å²) in [5, 5.41) is 4.35. The van der Waals surface area contributed by atoms with Crippen LogP contribution in [0.15, 0.2) is 60.7 Å². The highest BCUT2D eigenvalue weighted by Crippen LogP contribution is 2.18. The number of carbonyl (C=O) groups is 1. The Hall–Kier alpha value is -2.88. The summed E-state index contributed by atoms with van der Waals surface area (Å²) in [5.74, 6) is 0.828. The van der Waals surface area contributed by atoms with E-state index in [-0.39, 0.29) is 0 Å². The summed E-state index contributed by atoms with van der Waals surface area (Å²) in [7, 11) is 1.65. The summed E-state index contributed by atoms with van der Waals surface area (Å²) in [4.78, 5) is 11.0. The molecule has 4 heteroatoms. The summed E-state index contributed by atoms with van der Waals surface area (Å²) in [6.07, 6.45) is 1.47. The van der Waals surface area contributed by atoms with Crippen LogP contribution in [0.1, 0.15) is 21.7 Å². The number of aldehydes is 1. The number of ether oxygens (including phenoxy) is 1. The fraction of sp³-hybridized carbons (Fsp3) is 0.111. The molecule has 0 atom stereocenters. The van der Waals surface area contributed by atoms with Crippen LogP contribution in [0.4, 0.5) is 0 Å². The lowest BCUT2D eigenvalue weighted by Crippen LogP contribution is -2.03. The molecule has 1 aromatic heterocycles. The number of hydrogen-bond acceptors (Lipinski definition) is 3. The van der Waals surface area contributed by atoms with E-state index in [2.05, 4.69) is 5.10 Å². The number of carbonyl (C=O) groups excluding carboxylic acids is 1. The first-order valence-corrected chi connectivity index (χ1v) is 7.02. The molecule has 0 N–H and O–H groups in total. The first-order valence-electron chi connectivity index (χ1n) is 7.02. The maximum atomic E-state index is 11.0. The molecule has 0 aliphatic rings. The van der Waals surface area contributed by atoms with Gasteiger partial charge in [-0.1, -0.05) is 30.3 Å². The van der Waals surface area contributed by atoms with Gasteiger partial charge in [-0.25, -0.2) is 4.68 Å². The standard InChI is InChI=1S/C18H16N2O2/c1-22-18-9-7-14(8-10-18)11-17-12-15(13-21)19-20(17)16-5-3-2-4-6-16/h2-10,12-13H,11H2,1H3. The lowest BCUT2D eigenvalue weighted by atomic mass is 10.1. The molecule has 4 nitrogen and oxygen atoms in total. The summed E-state index contributed by atoms with van der Waals surface area (Å²) >= 11 is 0. The maximum Gasteiger partial charge on any atom is 0.170 e. The van der Waals surface area contributed by atoms with E-state index in [9.17, 15) is 4.79 Å². The van der Waals surface area contributed by atoms with Crippen molar-refractivity contribution >= 4 is 6.29 Å². The van der Waals surface area contributed by atoms with E-state index >= 15 is 0 Å². The number of nitrogens with zero attached hydrogens (tertiary/aromatic N) is 2. The van der Waals surface area contributed by atoms with Crippen LogP contribution in [0.2, 0.25) is 0 Å². The van der Waals surface area contributed by atoms with Crippen molar-refractivity contribution < 1.29 is 9.53 Å². The number of hydrogen-bond donors (Lipinski definition) is 0. The number of aromatic nitrogens is 2. The van der Waals surface area contributed by atoms with Crippen LogP contribution >= 0.6 is 0 Å². The monoisotopic (exact) mass is 292 g/mol. The van der Waals surface area contributed by atoms with Crippen LogP contribution < -0.4 is 4.74 Å². The van der Waals surface area contributed by atoms with Gasteiger partial charge >= 0.3 is 0 Å². The number of benzene rings is 2. The molecule has 0 aliphatic carbocycles. The van der Waals surface area contributed by atoms with E-state index in [0.717, 1.165) is 29.0 Å². The molecule has 3 rings (SSSR count). The van der Waals surface area contributed by atoms with E-state index < -0.39 is 0 Å². The molecular formula is C18H16N2O2. The zero-order valence-electron chi connectivity index (χ0n) is 12.3. The lowest BCUT2D eigenvalue weighted by Gasteiger charge is -2.08. The van der Waals surface area contributed by atoms with Gasteiger partial charge in [0.05, 0.1) is 12.8 Å². The predicted octanol–water partition coefficient (Wildman–Crippen LogP) is 3.28. The molecule has 3 aromatic rings. The largest absolute Gasteiger partial charge is 0.497 e. The minimum Gasteiger partial charge on any atom is -0.497 e. The molecule has 22 heavy (non-hydrogen) atoms. The third-order valence-electron chi connectivity index (χ3n) is 3.47. The Balaban J connectivity index is 1.95. The van der Waals surface area contributed by atoms with Gasteiger partial charge in [0.15, 0.2) is 6.29 Å². The minimum absolute atomic E-state index is 0.437. The Morgan fingerprint density at radius 1 is 1.09 bits per heavy atom. The van der Waals surface area contributed by atoms with Gasteiger partial charge in [0.1, 0.15) is 11.4 Å². The third-order valence-corrected chi connectivity index (χ3v) is 3.47. The van der Waals surface area contributed by atoms with Gasteiger partial charge in [0, 0.05) is 12.1 Å². The van der Waals surface area contributed by atoms with Crippen LogP contribution in [0.25, 0.3) is 5.69 Å². The van der Waals surface area contributed by atoms with Crippen molar-refractivity contribution in [3.05, 3.63) is 77.6 Å². The number of para-hydroxylation sites is 1. The SMILES string of the molecule is COc1ccc(Cc2cc(C=O)nn2-c2ccccc2)cc1. The van der Waals surface area contributed by atoms with Crippen molar-refractivity contribution in [1.82, 2.24) is 9.78 Å². The van der Waals surface area contributed by atoms with E-state index in [1.165, 1.54) is 0 Å². The summed E-state index contributed by atoms with van der Waals surface area (Å²) in [6.45, 7) is 0. The summed E-state index contributed by atoms with van der Waals surface area (Å²) < 4.78 is 6.98. The molecule has 0 unspecified atom stereocenters. The Morgan fingerprint density at radius 3 is 2.45 bits per heavy atom. The number of methoxy groups -OCH3 is 1. The van der Waals surface area contributed by atoms with Crippen molar-refractivity contribution in [2.45, 2.75) is 6.42 Å². The predicted molar refractivity (Wildman–Crippen MR) is 84.8 cm³/mol. The third kappa shape index (κ3) is 2.91. The first kappa shape index (κ1) is 14.1. The van der Waals surface area contributed by atoms with Gasteiger partial charge in [-0.05, 0) is 35.9 Å². The molecule has 0 spiro atoms. The number of rotatable bonds is 5. The highest BCUT2D eigenvalue weighted by Gasteiger charge is 2.10. The molecule has 0 saturated carbocycles. The van der Waals surface area contributed by atoms with Crippen LogP contribution in [0, 0.1) is 0 Å². The lowest BCUT2D eigenvalue weighted by molar-refractivity contribution is 0.111. The summed E-state index contributed by atoms with van der Waals surface area (Å²) in [5.41, 5.74) is 3.49. The van der Waals surface area contributed by atoms with E-state index in [1.54, 1.807) is 7.11 Å². The zero-order valence-corrected chi connectivity index (χ0v) is 12.3. The van der Waals surface area contributed by atoms with Crippen LogP contribution in [-0.4, -0.2) is 23.2 Å². The molecule has 0 amide bonds. The molecule has 2 aromatic carbocycles. The van der Waals surface area contributed by atoms with Gasteiger partial charge in [-0.3, -0.25) is 4.79 Å². The quantitative estimate of drug-likeness (QED) is 0.678. The molecule has 0 fully saturated rings. The van der Waals surface area contributed by atoms with Gasteiger partial charge in [0.2, 0.25) is 0 Å².